The predicted molar refractivity (Wildman–Crippen MR) is 114 cm³/mol. The fourth-order valence-corrected chi connectivity index (χ4v) is 2.72. The summed E-state index contributed by atoms with van der Waals surface area (Å²) in [6.45, 7) is 15.2. The number of nitrogens with one attached hydrogen (secondary N) is 4. The number of hydrogen-bond acceptors (Lipinski definition) is 4. The smallest absolute Gasteiger partial charge is 0.243 e. The van der Waals surface area contributed by atoms with Gasteiger partial charge in [0.15, 0.2) is 0 Å². The lowest BCUT2D eigenvalue weighted by Crippen LogP contribution is -2.56. The van der Waals surface area contributed by atoms with Crippen LogP contribution in [0.1, 0.15) is 68.2 Å². The Bertz CT molecular complexity index is 561. The Balaban J connectivity index is 5.06. The van der Waals surface area contributed by atoms with Crippen LogP contribution in [0.4, 0.5) is 0 Å². The van der Waals surface area contributed by atoms with E-state index in [4.69, 9.17) is 0 Å². The van der Waals surface area contributed by atoms with Crippen molar-refractivity contribution in [3.8, 4) is 0 Å². The van der Waals surface area contributed by atoms with E-state index in [0.717, 1.165) is 0 Å². The molecule has 0 aromatic heterocycles. The summed E-state index contributed by atoms with van der Waals surface area (Å²) in [5.41, 5.74) is 0. The highest BCUT2D eigenvalue weighted by atomic mass is 16.2. The molecule has 0 saturated heterocycles. The van der Waals surface area contributed by atoms with Crippen molar-refractivity contribution < 1.29 is 19.2 Å². The largest absolute Gasteiger partial charge is 0.355 e. The van der Waals surface area contributed by atoms with E-state index in [0.29, 0.717) is 19.4 Å². The van der Waals surface area contributed by atoms with Gasteiger partial charge in [-0.15, -0.1) is 0 Å². The number of carbonyl (C=O) groups is 4. The molecule has 0 fully saturated rings. The molecule has 0 aromatic rings. The molecule has 3 unspecified atom stereocenters. The fourth-order valence-electron chi connectivity index (χ4n) is 2.72. The minimum atomic E-state index is -0.836. The zero-order valence-electron chi connectivity index (χ0n) is 19.2. The van der Waals surface area contributed by atoms with Gasteiger partial charge in [0.2, 0.25) is 23.6 Å². The average Bonchev–Trinajstić information content (AvgIpc) is 2.59. The highest BCUT2D eigenvalue weighted by Gasteiger charge is 2.28. The molecule has 0 aliphatic heterocycles. The van der Waals surface area contributed by atoms with E-state index < -0.39 is 29.9 Å². The maximum absolute atomic E-state index is 12.7. The zero-order chi connectivity index (χ0) is 22.7. The van der Waals surface area contributed by atoms with Gasteiger partial charge in [-0.3, -0.25) is 19.2 Å². The Morgan fingerprint density at radius 2 is 1.07 bits per heavy atom. The summed E-state index contributed by atoms with van der Waals surface area (Å²) in [4.78, 5) is 49.5. The van der Waals surface area contributed by atoms with Crippen molar-refractivity contribution in [3.63, 3.8) is 0 Å². The van der Waals surface area contributed by atoms with Crippen LogP contribution < -0.4 is 21.3 Å². The molecule has 8 heteroatoms. The van der Waals surface area contributed by atoms with Crippen LogP contribution in [0.5, 0.6) is 0 Å². The first kappa shape index (κ1) is 26.9. The Hall–Kier alpha value is -2.12. The molecular weight excluding hydrogens is 372 g/mol. The molecule has 0 aliphatic rings. The van der Waals surface area contributed by atoms with E-state index in [2.05, 4.69) is 21.3 Å². The van der Waals surface area contributed by atoms with Gasteiger partial charge in [-0.25, -0.2) is 0 Å². The Morgan fingerprint density at radius 1 is 0.621 bits per heavy atom. The van der Waals surface area contributed by atoms with Crippen LogP contribution in [0, 0.1) is 17.8 Å². The second-order valence-electron chi connectivity index (χ2n) is 8.66. The van der Waals surface area contributed by atoms with E-state index in [1.807, 2.05) is 34.6 Å². The molecule has 0 heterocycles. The van der Waals surface area contributed by atoms with Crippen LogP contribution in [0.2, 0.25) is 0 Å². The van der Waals surface area contributed by atoms with Gasteiger partial charge in [-0.2, -0.15) is 0 Å². The third-order valence-electron chi connectivity index (χ3n) is 4.31. The normalized spacial score (nSPS) is 14.3. The van der Waals surface area contributed by atoms with Gasteiger partial charge in [0.1, 0.15) is 18.1 Å². The molecule has 4 N–H and O–H groups in total. The minimum absolute atomic E-state index is 0.190. The van der Waals surface area contributed by atoms with E-state index >= 15 is 0 Å². The predicted octanol–water partition coefficient (Wildman–Crippen LogP) is 1.35. The van der Waals surface area contributed by atoms with Crippen molar-refractivity contribution in [3.05, 3.63) is 0 Å². The second kappa shape index (κ2) is 13.2. The Morgan fingerprint density at radius 3 is 1.48 bits per heavy atom. The first-order valence-corrected chi connectivity index (χ1v) is 10.6. The van der Waals surface area contributed by atoms with Gasteiger partial charge in [0.25, 0.3) is 0 Å². The van der Waals surface area contributed by atoms with E-state index in [-0.39, 0.29) is 29.6 Å². The summed E-state index contributed by atoms with van der Waals surface area (Å²) in [6.07, 6.45) is 0.964. The summed E-state index contributed by atoms with van der Waals surface area (Å²) in [6, 6.07) is -2.21. The van der Waals surface area contributed by atoms with Crippen LogP contribution in [0.15, 0.2) is 0 Å². The van der Waals surface area contributed by atoms with Gasteiger partial charge >= 0.3 is 0 Å². The van der Waals surface area contributed by atoms with Crippen molar-refractivity contribution >= 4 is 23.6 Å². The molecule has 0 rings (SSSR count). The number of amides is 4. The molecule has 0 radical (unpaired) electrons. The van der Waals surface area contributed by atoms with E-state index in [1.165, 1.54) is 0 Å². The molecule has 4 amide bonds. The summed E-state index contributed by atoms with van der Waals surface area (Å²) in [5.74, 6) is -1.13. The lowest BCUT2D eigenvalue weighted by atomic mass is 10.0. The quantitative estimate of drug-likeness (QED) is 0.387. The van der Waals surface area contributed by atoms with Gasteiger partial charge in [-0.1, -0.05) is 41.5 Å². The first-order valence-electron chi connectivity index (χ1n) is 10.6. The molecule has 0 bridgehead atoms. The number of rotatable bonds is 12. The van der Waals surface area contributed by atoms with Crippen LogP contribution in [0.3, 0.4) is 0 Å². The lowest BCUT2D eigenvalue weighted by molar-refractivity contribution is -0.134. The first-order chi connectivity index (χ1) is 13.4. The van der Waals surface area contributed by atoms with Gasteiger partial charge in [0.05, 0.1) is 0 Å². The van der Waals surface area contributed by atoms with Crippen LogP contribution in [-0.4, -0.2) is 48.3 Å². The molecule has 168 valence electrons. The maximum atomic E-state index is 12.7. The van der Waals surface area contributed by atoms with Crippen molar-refractivity contribution in [2.45, 2.75) is 86.4 Å². The van der Waals surface area contributed by atoms with Gasteiger partial charge in [0, 0.05) is 12.5 Å². The molecule has 8 nitrogen and oxygen atoms in total. The standard InChI is InChI=1S/C21H40N4O4/c1-9-22-20(28)16(10-12(2)3)25-19(27)15(8)23-21(29)17(11-13(4)5)24-18(26)14(6)7/h12-17H,9-11H2,1-8H3,(H,22,28)(H,23,29)(H,24,26)(H,25,27). The Kier molecular flexibility index (Phi) is 12.2. The van der Waals surface area contributed by atoms with Gasteiger partial charge < -0.3 is 21.3 Å². The van der Waals surface area contributed by atoms with Crippen molar-refractivity contribution in [2.24, 2.45) is 17.8 Å². The molecule has 0 aliphatic carbocycles. The topological polar surface area (TPSA) is 116 Å². The van der Waals surface area contributed by atoms with Crippen molar-refractivity contribution in [2.75, 3.05) is 6.54 Å². The molecule has 3 atom stereocenters. The highest BCUT2D eigenvalue weighted by Crippen LogP contribution is 2.08. The van der Waals surface area contributed by atoms with E-state index in [9.17, 15) is 19.2 Å². The number of hydrogen-bond donors (Lipinski definition) is 4. The number of carbonyl (C=O) groups excluding carboxylic acids is 4. The van der Waals surface area contributed by atoms with Crippen LogP contribution in [-0.2, 0) is 19.2 Å². The summed E-state index contributed by atoms with van der Waals surface area (Å²) >= 11 is 0. The van der Waals surface area contributed by atoms with Crippen LogP contribution in [0.25, 0.3) is 0 Å². The fraction of sp³-hybridized carbons (Fsp3) is 0.810. The summed E-state index contributed by atoms with van der Waals surface area (Å²) in [7, 11) is 0. The minimum Gasteiger partial charge on any atom is -0.355 e. The monoisotopic (exact) mass is 412 g/mol. The zero-order valence-corrected chi connectivity index (χ0v) is 19.2. The third kappa shape index (κ3) is 10.9. The Labute approximate surface area is 175 Å². The van der Waals surface area contributed by atoms with Crippen LogP contribution >= 0.6 is 0 Å². The highest BCUT2D eigenvalue weighted by molar-refractivity contribution is 5.94. The molecule has 29 heavy (non-hydrogen) atoms. The van der Waals surface area contributed by atoms with Crippen molar-refractivity contribution in [1.29, 1.82) is 0 Å². The summed E-state index contributed by atoms with van der Waals surface area (Å²) in [5, 5.41) is 10.9. The molecule has 0 spiro atoms. The summed E-state index contributed by atoms with van der Waals surface area (Å²) < 4.78 is 0. The maximum Gasteiger partial charge on any atom is 0.243 e. The SMILES string of the molecule is CCNC(=O)C(CC(C)C)NC(=O)C(C)NC(=O)C(CC(C)C)NC(=O)C(C)C. The third-order valence-corrected chi connectivity index (χ3v) is 4.31. The lowest BCUT2D eigenvalue weighted by Gasteiger charge is -2.25. The van der Waals surface area contributed by atoms with Crippen molar-refractivity contribution in [1.82, 2.24) is 21.3 Å². The van der Waals surface area contributed by atoms with Gasteiger partial charge in [-0.05, 0) is 38.5 Å². The average molecular weight is 413 g/mol. The van der Waals surface area contributed by atoms with E-state index in [1.54, 1.807) is 20.8 Å². The molecule has 0 saturated carbocycles. The molecule has 0 aromatic carbocycles. The second-order valence-corrected chi connectivity index (χ2v) is 8.66. The molecular formula is C21H40N4O4. The number of likely N-dealkylation sites (N-methyl/N-ethyl adjacent to an activating group) is 1.